The van der Waals surface area contributed by atoms with Gasteiger partial charge in [-0.1, -0.05) is 50.3 Å². The quantitative estimate of drug-likeness (QED) is 0.445. The lowest BCUT2D eigenvalue weighted by molar-refractivity contribution is 0.302. The van der Waals surface area contributed by atoms with Crippen LogP contribution in [-0.4, -0.2) is 78.4 Å². The first-order valence-corrected chi connectivity index (χ1v) is 17.2. The predicted octanol–water partition coefficient (Wildman–Crippen LogP) is 5.18. The Hall–Kier alpha value is -2.26. The first-order valence-electron chi connectivity index (χ1n) is 13.4. The Morgan fingerprint density at radius 1 is 0.658 bits per heavy atom. The summed E-state index contributed by atoms with van der Waals surface area (Å²) in [5.74, 6) is 0. The molecule has 2 heterocycles. The Balaban J connectivity index is 0.000000211. The molecule has 2 aromatic rings. The average molecular weight is 559 g/mol. The van der Waals surface area contributed by atoms with Crippen molar-refractivity contribution in [2.45, 2.75) is 49.3 Å². The van der Waals surface area contributed by atoms with Gasteiger partial charge in [0.05, 0.1) is 9.79 Å². The van der Waals surface area contributed by atoms with E-state index in [2.05, 4.69) is 35.8 Å². The minimum atomic E-state index is -3.12. The molecule has 38 heavy (non-hydrogen) atoms. The van der Waals surface area contributed by atoms with Crippen LogP contribution < -0.4 is 0 Å². The van der Waals surface area contributed by atoms with Crippen molar-refractivity contribution >= 4 is 30.8 Å². The van der Waals surface area contributed by atoms with Crippen LogP contribution in [0.1, 0.15) is 50.7 Å². The van der Waals surface area contributed by atoms with Gasteiger partial charge in [0, 0.05) is 38.7 Å². The molecule has 0 N–H and O–H groups in total. The van der Waals surface area contributed by atoms with Gasteiger partial charge in [0.15, 0.2) is 19.7 Å². The third-order valence-corrected chi connectivity index (χ3v) is 9.15. The van der Waals surface area contributed by atoms with Crippen molar-refractivity contribution in [3.05, 3.63) is 71.8 Å². The van der Waals surface area contributed by atoms with E-state index < -0.39 is 19.7 Å². The Labute approximate surface area is 229 Å². The number of rotatable bonds is 8. The lowest BCUT2D eigenvalue weighted by Gasteiger charge is -2.26. The molecule has 0 bridgehead atoms. The molecule has 0 fully saturated rings. The highest BCUT2D eigenvalue weighted by Gasteiger charge is 2.15. The Morgan fingerprint density at radius 3 is 1.34 bits per heavy atom. The van der Waals surface area contributed by atoms with Crippen LogP contribution in [-0.2, 0) is 19.7 Å². The summed E-state index contributed by atoms with van der Waals surface area (Å²) in [6, 6.07) is 14.5. The zero-order valence-electron chi connectivity index (χ0n) is 23.2. The molecule has 4 rings (SSSR count). The van der Waals surface area contributed by atoms with E-state index in [0.29, 0.717) is 9.79 Å². The number of hydrogen-bond donors (Lipinski definition) is 0. The summed E-state index contributed by atoms with van der Waals surface area (Å²) in [6.07, 6.45) is 11.3. The maximum atomic E-state index is 11.6. The van der Waals surface area contributed by atoms with Crippen molar-refractivity contribution < 1.29 is 16.8 Å². The van der Waals surface area contributed by atoms with Gasteiger partial charge in [-0.05, 0) is 85.3 Å². The highest BCUT2D eigenvalue weighted by molar-refractivity contribution is 7.91. The SMILES string of the molecule is CCCN1CC=C(c2cccc(S(C)(=O)=O)c2)CC1.CCCN1CC=C(c2cccc(S(C)(=O)=O)c2)CC1. The molecule has 0 unspecified atom stereocenters. The maximum absolute atomic E-state index is 11.6. The van der Waals surface area contributed by atoms with Crippen LogP contribution in [0.2, 0.25) is 0 Å². The van der Waals surface area contributed by atoms with Crippen molar-refractivity contribution in [2.24, 2.45) is 0 Å². The predicted molar refractivity (Wildman–Crippen MR) is 158 cm³/mol. The number of hydrogen-bond acceptors (Lipinski definition) is 6. The molecular weight excluding hydrogens is 516 g/mol. The fourth-order valence-corrected chi connectivity index (χ4v) is 6.17. The van der Waals surface area contributed by atoms with Gasteiger partial charge < -0.3 is 0 Å². The monoisotopic (exact) mass is 558 g/mol. The Kier molecular flexibility index (Phi) is 10.9. The molecule has 0 aliphatic carbocycles. The summed E-state index contributed by atoms with van der Waals surface area (Å²) in [6.45, 7) is 10.7. The highest BCUT2D eigenvalue weighted by Crippen LogP contribution is 2.25. The van der Waals surface area contributed by atoms with Crippen molar-refractivity contribution in [3.8, 4) is 0 Å². The Morgan fingerprint density at radius 2 is 1.05 bits per heavy atom. The second-order valence-corrected chi connectivity index (χ2v) is 14.2. The molecule has 0 radical (unpaired) electrons. The van der Waals surface area contributed by atoms with Crippen LogP contribution in [0.5, 0.6) is 0 Å². The molecule has 8 heteroatoms. The molecule has 0 saturated heterocycles. The molecule has 2 aromatic carbocycles. The molecule has 208 valence electrons. The Bertz CT molecular complexity index is 1260. The number of benzene rings is 2. The van der Waals surface area contributed by atoms with Crippen LogP contribution >= 0.6 is 0 Å². The summed E-state index contributed by atoms with van der Waals surface area (Å²) in [4.78, 5) is 5.65. The molecule has 0 saturated carbocycles. The summed E-state index contributed by atoms with van der Waals surface area (Å²) in [7, 11) is -6.24. The first-order chi connectivity index (χ1) is 18.0. The third-order valence-electron chi connectivity index (χ3n) is 6.93. The van der Waals surface area contributed by atoms with E-state index in [1.807, 2.05) is 24.3 Å². The largest absolute Gasteiger partial charge is 0.299 e. The van der Waals surface area contributed by atoms with Crippen LogP contribution in [0.4, 0.5) is 0 Å². The lowest BCUT2D eigenvalue weighted by atomic mass is 9.99. The van der Waals surface area contributed by atoms with E-state index in [1.54, 1.807) is 24.3 Å². The van der Waals surface area contributed by atoms with Crippen molar-refractivity contribution in [3.63, 3.8) is 0 Å². The van der Waals surface area contributed by atoms with Gasteiger partial charge in [-0.3, -0.25) is 9.80 Å². The van der Waals surface area contributed by atoms with Crippen LogP contribution in [0.15, 0.2) is 70.5 Å². The summed E-state index contributed by atoms with van der Waals surface area (Å²) in [5.41, 5.74) is 4.61. The van der Waals surface area contributed by atoms with E-state index in [1.165, 1.54) is 36.5 Å². The van der Waals surface area contributed by atoms with Crippen molar-refractivity contribution in [2.75, 3.05) is 51.8 Å². The highest BCUT2D eigenvalue weighted by atomic mass is 32.2. The van der Waals surface area contributed by atoms with E-state index in [9.17, 15) is 16.8 Å². The standard InChI is InChI=1S/2C15H21NO2S/c2*1-3-9-16-10-7-13(8-11-16)14-5-4-6-15(12-14)19(2,17)18/h2*4-7,12H,3,8-11H2,1-2H3. The molecule has 0 amide bonds. The van der Waals surface area contributed by atoms with Gasteiger partial charge >= 0.3 is 0 Å². The molecular formula is C30H42N2O4S2. The smallest absolute Gasteiger partial charge is 0.175 e. The molecule has 0 aromatic heterocycles. The van der Waals surface area contributed by atoms with E-state index >= 15 is 0 Å². The fourth-order valence-electron chi connectivity index (χ4n) is 4.84. The zero-order valence-corrected chi connectivity index (χ0v) is 24.8. The van der Waals surface area contributed by atoms with E-state index in [-0.39, 0.29) is 0 Å². The van der Waals surface area contributed by atoms with Gasteiger partial charge in [-0.2, -0.15) is 0 Å². The van der Waals surface area contributed by atoms with Gasteiger partial charge in [-0.15, -0.1) is 0 Å². The fraction of sp³-hybridized carbons (Fsp3) is 0.467. The van der Waals surface area contributed by atoms with Crippen LogP contribution in [0.25, 0.3) is 11.1 Å². The molecule has 6 nitrogen and oxygen atoms in total. The minimum Gasteiger partial charge on any atom is -0.299 e. The second-order valence-electron chi connectivity index (χ2n) is 10.2. The second kappa shape index (κ2) is 13.7. The molecule has 2 aliphatic rings. The van der Waals surface area contributed by atoms with Gasteiger partial charge in [0.2, 0.25) is 0 Å². The lowest BCUT2D eigenvalue weighted by Crippen LogP contribution is -2.29. The van der Waals surface area contributed by atoms with Crippen molar-refractivity contribution in [1.29, 1.82) is 0 Å². The molecule has 0 atom stereocenters. The summed E-state index contributed by atoms with van der Waals surface area (Å²) in [5, 5.41) is 0. The minimum absolute atomic E-state index is 0.405. The normalized spacial score (nSPS) is 17.3. The zero-order chi connectivity index (χ0) is 27.8. The summed E-state index contributed by atoms with van der Waals surface area (Å²) >= 11 is 0. The van der Waals surface area contributed by atoms with Crippen molar-refractivity contribution in [1.82, 2.24) is 9.80 Å². The average Bonchev–Trinajstić information content (AvgIpc) is 2.90. The molecule has 0 spiro atoms. The van der Waals surface area contributed by atoms with E-state index in [4.69, 9.17) is 0 Å². The maximum Gasteiger partial charge on any atom is 0.175 e. The van der Waals surface area contributed by atoms with E-state index in [0.717, 1.165) is 63.2 Å². The first kappa shape index (κ1) is 30.3. The third kappa shape index (κ3) is 8.90. The van der Waals surface area contributed by atoms with Gasteiger partial charge in [0.25, 0.3) is 0 Å². The van der Waals surface area contributed by atoms with Crippen LogP contribution in [0.3, 0.4) is 0 Å². The van der Waals surface area contributed by atoms with Crippen LogP contribution in [0, 0.1) is 0 Å². The van der Waals surface area contributed by atoms with Gasteiger partial charge in [-0.25, -0.2) is 16.8 Å². The summed E-state index contributed by atoms with van der Waals surface area (Å²) < 4.78 is 46.3. The topological polar surface area (TPSA) is 74.8 Å². The number of sulfone groups is 2. The van der Waals surface area contributed by atoms with Gasteiger partial charge in [0.1, 0.15) is 0 Å². The molecule has 2 aliphatic heterocycles. The number of nitrogens with zero attached hydrogens (tertiary/aromatic N) is 2.